The molecule has 0 aliphatic heterocycles. The molecule has 3 N–H and O–H groups in total. The largest absolute Gasteiger partial charge is 0.392 e. The number of rotatable bonds is 4. The topological polar surface area (TPSA) is 78.4 Å². The molecule has 1 aromatic rings. The fourth-order valence-electron chi connectivity index (χ4n) is 1.29. The van der Waals surface area contributed by atoms with E-state index in [0.717, 1.165) is 11.1 Å². The Morgan fingerprint density at radius 3 is 2.28 bits per heavy atom. The number of nitrogens with one attached hydrogen (secondary N) is 2. The minimum absolute atomic E-state index is 0.0663. The maximum Gasteiger partial charge on any atom is 0.309 e. The van der Waals surface area contributed by atoms with E-state index < -0.39 is 17.9 Å². The average Bonchev–Trinajstić information content (AvgIpc) is 2.34. The van der Waals surface area contributed by atoms with Gasteiger partial charge in [0.1, 0.15) is 0 Å². The van der Waals surface area contributed by atoms with Crippen LogP contribution in [-0.4, -0.2) is 29.6 Å². The lowest BCUT2D eigenvalue weighted by atomic mass is 10.1. The van der Waals surface area contributed by atoms with Crippen LogP contribution in [0.1, 0.15) is 18.1 Å². The van der Waals surface area contributed by atoms with E-state index >= 15 is 0 Å². The van der Waals surface area contributed by atoms with E-state index in [-0.39, 0.29) is 6.54 Å². The van der Waals surface area contributed by atoms with Gasteiger partial charge in [-0.05, 0) is 19.4 Å². The first kappa shape index (κ1) is 14.2. The summed E-state index contributed by atoms with van der Waals surface area (Å²) in [5.74, 6) is -1.43. The molecule has 0 bridgehead atoms. The predicted octanol–water partition coefficient (Wildman–Crippen LogP) is 0.108. The van der Waals surface area contributed by atoms with Gasteiger partial charge in [0, 0.05) is 13.1 Å². The molecule has 0 fully saturated rings. The zero-order chi connectivity index (χ0) is 13.5. The second-order valence-corrected chi connectivity index (χ2v) is 4.23. The van der Waals surface area contributed by atoms with Crippen LogP contribution in [0.5, 0.6) is 0 Å². The summed E-state index contributed by atoms with van der Waals surface area (Å²) in [7, 11) is 0. The Morgan fingerprint density at radius 1 is 1.17 bits per heavy atom. The predicted molar refractivity (Wildman–Crippen MR) is 67.7 cm³/mol. The maximum atomic E-state index is 11.4. The van der Waals surface area contributed by atoms with Crippen molar-refractivity contribution >= 4 is 11.8 Å². The highest BCUT2D eigenvalue weighted by Gasteiger charge is 2.12. The van der Waals surface area contributed by atoms with E-state index in [9.17, 15) is 9.59 Å². The van der Waals surface area contributed by atoms with Crippen LogP contribution in [0.2, 0.25) is 0 Å². The molecule has 0 aliphatic carbocycles. The summed E-state index contributed by atoms with van der Waals surface area (Å²) >= 11 is 0. The molecule has 1 rings (SSSR count). The lowest BCUT2D eigenvalue weighted by molar-refractivity contribution is -0.139. The van der Waals surface area contributed by atoms with E-state index in [2.05, 4.69) is 10.6 Å². The molecule has 2 amide bonds. The van der Waals surface area contributed by atoms with Gasteiger partial charge in [-0.3, -0.25) is 9.59 Å². The Morgan fingerprint density at radius 2 is 1.72 bits per heavy atom. The molecule has 0 saturated carbocycles. The van der Waals surface area contributed by atoms with Gasteiger partial charge < -0.3 is 15.7 Å². The lowest BCUT2D eigenvalue weighted by Gasteiger charge is -2.08. The highest BCUT2D eigenvalue weighted by molar-refractivity contribution is 6.35. The van der Waals surface area contributed by atoms with Crippen molar-refractivity contribution in [1.82, 2.24) is 10.6 Å². The fourth-order valence-corrected chi connectivity index (χ4v) is 1.29. The van der Waals surface area contributed by atoms with Crippen molar-refractivity contribution in [1.29, 1.82) is 0 Å². The normalized spacial score (nSPS) is 11.7. The standard InChI is InChI=1S/C13H18N2O3/c1-9-3-5-11(6-4-9)8-15-13(18)12(17)14-7-10(2)16/h3-6,10,16H,7-8H2,1-2H3,(H,14,17)(H,15,18). The molecule has 1 unspecified atom stereocenters. The number of benzene rings is 1. The molecule has 0 saturated heterocycles. The van der Waals surface area contributed by atoms with Crippen molar-refractivity contribution in [2.24, 2.45) is 0 Å². The third-order valence-corrected chi connectivity index (χ3v) is 2.34. The van der Waals surface area contributed by atoms with Crippen LogP contribution in [0, 0.1) is 6.92 Å². The van der Waals surface area contributed by atoms with Gasteiger partial charge in [-0.2, -0.15) is 0 Å². The van der Waals surface area contributed by atoms with Gasteiger partial charge in [0.15, 0.2) is 0 Å². The van der Waals surface area contributed by atoms with Gasteiger partial charge in [0.05, 0.1) is 6.10 Å². The number of hydrogen-bond acceptors (Lipinski definition) is 3. The summed E-state index contributed by atoms with van der Waals surface area (Å²) in [6.45, 7) is 3.88. The zero-order valence-corrected chi connectivity index (χ0v) is 10.6. The third kappa shape index (κ3) is 4.97. The van der Waals surface area contributed by atoms with Gasteiger partial charge in [-0.1, -0.05) is 29.8 Å². The van der Waals surface area contributed by atoms with E-state index in [1.807, 2.05) is 31.2 Å². The van der Waals surface area contributed by atoms with E-state index in [1.54, 1.807) is 0 Å². The Bertz CT molecular complexity index is 413. The molecule has 5 heteroatoms. The van der Waals surface area contributed by atoms with Gasteiger partial charge >= 0.3 is 11.8 Å². The Hall–Kier alpha value is -1.88. The van der Waals surface area contributed by atoms with Crippen LogP contribution in [0.15, 0.2) is 24.3 Å². The maximum absolute atomic E-state index is 11.4. The summed E-state index contributed by atoms with van der Waals surface area (Å²) in [6.07, 6.45) is -0.668. The summed E-state index contributed by atoms with van der Waals surface area (Å²) < 4.78 is 0. The number of amides is 2. The summed E-state index contributed by atoms with van der Waals surface area (Å²) in [6, 6.07) is 7.66. The van der Waals surface area contributed by atoms with E-state index in [4.69, 9.17) is 5.11 Å². The fraction of sp³-hybridized carbons (Fsp3) is 0.385. The molecular weight excluding hydrogens is 232 g/mol. The second-order valence-electron chi connectivity index (χ2n) is 4.23. The summed E-state index contributed by atoms with van der Waals surface area (Å²) in [5.41, 5.74) is 2.07. The van der Waals surface area contributed by atoms with Crippen molar-refractivity contribution in [3.63, 3.8) is 0 Å². The van der Waals surface area contributed by atoms with Gasteiger partial charge in [-0.25, -0.2) is 0 Å². The van der Waals surface area contributed by atoms with Crippen molar-refractivity contribution in [3.05, 3.63) is 35.4 Å². The first-order valence-corrected chi connectivity index (χ1v) is 5.78. The molecule has 98 valence electrons. The SMILES string of the molecule is Cc1ccc(CNC(=O)C(=O)NCC(C)O)cc1. The number of aliphatic hydroxyl groups excluding tert-OH is 1. The quantitative estimate of drug-likeness (QED) is 0.664. The molecule has 0 aliphatic rings. The van der Waals surface area contributed by atoms with Crippen LogP contribution >= 0.6 is 0 Å². The first-order valence-electron chi connectivity index (χ1n) is 5.78. The van der Waals surface area contributed by atoms with Gasteiger partial charge in [0.25, 0.3) is 0 Å². The number of aryl methyl sites for hydroxylation is 1. The second kappa shape index (κ2) is 6.76. The van der Waals surface area contributed by atoms with Crippen LogP contribution < -0.4 is 10.6 Å². The molecule has 0 heterocycles. The molecule has 1 aromatic carbocycles. The average molecular weight is 250 g/mol. The van der Waals surface area contributed by atoms with Crippen molar-refractivity contribution in [2.45, 2.75) is 26.5 Å². The molecular formula is C13H18N2O3. The highest BCUT2D eigenvalue weighted by atomic mass is 16.3. The highest BCUT2D eigenvalue weighted by Crippen LogP contribution is 2.02. The van der Waals surface area contributed by atoms with Crippen LogP contribution in [-0.2, 0) is 16.1 Å². The van der Waals surface area contributed by atoms with Crippen molar-refractivity contribution in [2.75, 3.05) is 6.54 Å². The van der Waals surface area contributed by atoms with Gasteiger partial charge in [-0.15, -0.1) is 0 Å². The Kier molecular flexibility index (Phi) is 5.32. The summed E-state index contributed by atoms with van der Waals surface area (Å²) in [4.78, 5) is 22.7. The molecule has 0 radical (unpaired) electrons. The van der Waals surface area contributed by atoms with Crippen LogP contribution in [0.3, 0.4) is 0 Å². The zero-order valence-electron chi connectivity index (χ0n) is 10.6. The Balaban J connectivity index is 2.36. The Labute approximate surface area is 106 Å². The molecule has 0 aromatic heterocycles. The van der Waals surface area contributed by atoms with Gasteiger partial charge in [0.2, 0.25) is 0 Å². The first-order chi connectivity index (χ1) is 8.49. The molecule has 1 atom stereocenters. The van der Waals surface area contributed by atoms with E-state index in [0.29, 0.717) is 6.54 Å². The minimum Gasteiger partial charge on any atom is -0.392 e. The molecule has 0 spiro atoms. The number of carbonyl (C=O) groups is 2. The van der Waals surface area contributed by atoms with Crippen molar-refractivity contribution in [3.8, 4) is 0 Å². The molecule has 18 heavy (non-hydrogen) atoms. The molecule has 5 nitrogen and oxygen atoms in total. The van der Waals surface area contributed by atoms with Crippen LogP contribution in [0.25, 0.3) is 0 Å². The monoisotopic (exact) mass is 250 g/mol. The van der Waals surface area contributed by atoms with Crippen LogP contribution in [0.4, 0.5) is 0 Å². The number of hydrogen-bond donors (Lipinski definition) is 3. The third-order valence-electron chi connectivity index (χ3n) is 2.34. The smallest absolute Gasteiger partial charge is 0.309 e. The number of carbonyl (C=O) groups excluding carboxylic acids is 2. The summed E-state index contributed by atoms with van der Waals surface area (Å²) in [5, 5.41) is 13.8. The minimum atomic E-state index is -0.733. The van der Waals surface area contributed by atoms with E-state index in [1.165, 1.54) is 6.92 Å². The lowest BCUT2D eigenvalue weighted by Crippen LogP contribution is -2.42. The van der Waals surface area contributed by atoms with Crippen molar-refractivity contribution < 1.29 is 14.7 Å². The number of aliphatic hydroxyl groups is 1.